The van der Waals surface area contributed by atoms with Crippen molar-refractivity contribution in [2.75, 3.05) is 6.54 Å². The highest BCUT2D eigenvalue weighted by Crippen LogP contribution is 2.25. The standard InChI is InChI=1S/C14H23N5O2/c1-3-19-12(8-10(2)16-19)14(20)18(9-13(15)17-21)11-6-4-5-7-11/h8,11,21H,3-7,9H2,1-2H3,(H2,15,17). The maximum absolute atomic E-state index is 12.8. The molecule has 0 atom stereocenters. The fraction of sp³-hybridized carbons (Fsp3) is 0.643. The molecule has 3 N–H and O–H groups in total. The minimum Gasteiger partial charge on any atom is -0.409 e. The van der Waals surface area contributed by atoms with Crippen molar-refractivity contribution in [3.8, 4) is 0 Å². The van der Waals surface area contributed by atoms with E-state index >= 15 is 0 Å². The van der Waals surface area contributed by atoms with E-state index in [1.165, 1.54) is 0 Å². The molecule has 1 aromatic heterocycles. The van der Waals surface area contributed by atoms with E-state index in [0.717, 1.165) is 31.4 Å². The van der Waals surface area contributed by atoms with E-state index < -0.39 is 0 Å². The normalized spacial score (nSPS) is 16.4. The quantitative estimate of drug-likeness (QED) is 0.370. The summed E-state index contributed by atoms with van der Waals surface area (Å²) in [6.07, 6.45) is 4.14. The molecule has 21 heavy (non-hydrogen) atoms. The van der Waals surface area contributed by atoms with Crippen molar-refractivity contribution in [2.45, 2.75) is 52.1 Å². The van der Waals surface area contributed by atoms with Crippen molar-refractivity contribution < 1.29 is 10.0 Å². The van der Waals surface area contributed by atoms with Gasteiger partial charge in [-0.2, -0.15) is 5.10 Å². The summed E-state index contributed by atoms with van der Waals surface area (Å²) in [7, 11) is 0. The average Bonchev–Trinajstić information content (AvgIpc) is 3.12. The number of hydrogen-bond acceptors (Lipinski definition) is 4. The molecule has 0 unspecified atom stereocenters. The number of rotatable bonds is 5. The van der Waals surface area contributed by atoms with Gasteiger partial charge in [0.25, 0.3) is 5.91 Å². The van der Waals surface area contributed by atoms with Gasteiger partial charge in [-0.3, -0.25) is 9.48 Å². The summed E-state index contributed by atoms with van der Waals surface area (Å²) < 4.78 is 1.70. The maximum atomic E-state index is 12.8. The summed E-state index contributed by atoms with van der Waals surface area (Å²) in [5.74, 6) is -0.0505. The first-order valence-corrected chi connectivity index (χ1v) is 7.38. The first-order chi connectivity index (χ1) is 10.1. The van der Waals surface area contributed by atoms with Crippen molar-refractivity contribution in [2.24, 2.45) is 10.9 Å². The molecule has 0 aromatic carbocycles. The minimum absolute atomic E-state index is 0.0505. The van der Waals surface area contributed by atoms with Gasteiger partial charge >= 0.3 is 0 Å². The van der Waals surface area contributed by atoms with Gasteiger partial charge in [0, 0.05) is 12.6 Å². The van der Waals surface area contributed by atoms with Crippen LogP contribution in [0.15, 0.2) is 11.2 Å². The maximum Gasteiger partial charge on any atom is 0.272 e. The van der Waals surface area contributed by atoms with Crippen molar-refractivity contribution in [3.05, 3.63) is 17.5 Å². The molecule has 1 aliphatic rings. The summed E-state index contributed by atoms with van der Waals surface area (Å²) in [4.78, 5) is 14.6. The van der Waals surface area contributed by atoms with Crippen LogP contribution in [-0.2, 0) is 6.54 Å². The largest absolute Gasteiger partial charge is 0.409 e. The molecule has 2 rings (SSSR count). The van der Waals surface area contributed by atoms with E-state index in [9.17, 15) is 4.79 Å². The molecule has 1 heterocycles. The number of nitrogens with two attached hydrogens (primary N) is 1. The fourth-order valence-electron chi connectivity index (χ4n) is 2.89. The summed E-state index contributed by atoms with van der Waals surface area (Å²) >= 11 is 0. The lowest BCUT2D eigenvalue weighted by atomic mass is 10.2. The summed E-state index contributed by atoms with van der Waals surface area (Å²) in [5, 5.41) is 16.1. The van der Waals surface area contributed by atoms with E-state index in [1.807, 2.05) is 13.8 Å². The molecule has 0 aliphatic heterocycles. The minimum atomic E-state index is -0.101. The van der Waals surface area contributed by atoms with Crippen LogP contribution in [0.5, 0.6) is 0 Å². The molecule has 0 spiro atoms. The third-order valence-corrected chi connectivity index (χ3v) is 3.91. The SMILES string of the molecule is CCn1nc(C)cc1C(=O)N(CC(N)=NO)C1CCCC1. The smallest absolute Gasteiger partial charge is 0.272 e. The highest BCUT2D eigenvalue weighted by molar-refractivity contribution is 5.96. The molecule has 1 amide bonds. The van der Waals surface area contributed by atoms with Gasteiger partial charge < -0.3 is 15.8 Å². The Morgan fingerprint density at radius 2 is 2.24 bits per heavy atom. The molecule has 1 saturated carbocycles. The molecule has 116 valence electrons. The van der Waals surface area contributed by atoms with Crippen LogP contribution in [0.4, 0.5) is 0 Å². The number of aryl methyl sites for hydroxylation is 2. The first-order valence-electron chi connectivity index (χ1n) is 7.38. The molecular weight excluding hydrogens is 270 g/mol. The van der Waals surface area contributed by atoms with Crippen LogP contribution in [0.1, 0.15) is 48.8 Å². The van der Waals surface area contributed by atoms with Crippen LogP contribution in [0.3, 0.4) is 0 Å². The Kier molecular flexibility index (Phi) is 4.82. The molecule has 7 heteroatoms. The number of aromatic nitrogens is 2. The zero-order valence-corrected chi connectivity index (χ0v) is 12.6. The second-order valence-corrected chi connectivity index (χ2v) is 5.45. The highest BCUT2D eigenvalue weighted by atomic mass is 16.4. The number of amides is 1. The van der Waals surface area contributed by atoms with Crippen molar-refractivity contribution >= 4 is 11.7 Å². The Balaban J connectivity index is 2.28. The van der Waals surface area contributed by atoms with Crippen LogP contribution >= 0.6 is 0 Å². The number of carbonyl (C=O) groups is 1. The van der Waals surface area contributed by atoms with Gasteiger partial charge in [0.2, 0.25) is 0 Å². The van der Waals surface area contributed by atoms with E-state index in [1.54, 1.807) is 15.6 Å². The van der Waals surface area contributed by atoms with E-state index in [0.29, 0.717) is 12.2 Å². The number of hydrogen-bond donors (Lipinski definition) is 2. The summed E-state index contributed by atoms with van der Waals surface area (Å²) in [6.45, 7) is 4.60. The Bertz CT molecular complexity index is 531. The Labute approximate surface area is 124 Å². The van der Waals surface area contributed by atoms with Crippen molar-refractivity contribution in [3.63, 3.8) is 0 Å². The number of carbonyl (C=O) groups excluding carboxylic acids is 1. The van der Waals surface area contributed by atoms with E-state index in [4.69, 9.17) is 10.9 Å². The molecule has 1 aromatic rings. The second-order valence-electron chi connectivity index (χ2n) is 5.45. The molecule has 0 bridgehead atoms. The molecule has 1 aliphatic carbocycles. The van der Waals surface area contributed by atoms with Crippen LogP contribution in [0, 0.1) is 6.92 Å². The van der Waals surface area contributed by atoms with Gasteiger partial charge in [0.1, 0.15) is 5.69 Å². The molecular formula is C14H23N5O2. The Hall–Kier alpha value is -2.05. The lowest BCUT2D eigenvalue weighted by molar-refractivity contribution is 0.0699. The predicted molar refractivity (Wildman–Crippen MR) is 79.3 cm³/mol. The molecule has 0 radical (unpaired) electrons. The number of nitrogens with zero attached hydrogens (tertiary/aromatic N) is 4. The Morgan fingerprint density at radius 1 is 1.57 bits per heavy atom. The van der Waals surface area contributed by atoms with Gasteiger partial charge in [0.15, 0.2) is 5.84 Å². The van der Waals surface area contributed by atoms with Gasteiger partial charge in [-0.25, -0.2) is 0 Å². The third-order valence-electron chi connectivity index (χ3n) is 3.91. The average molecular weight is 293 g/mol. The van der Waals surface area contributed by atoms with E-state index in [2.05, 4.69) is 10.3 Å². The zero-order chi connectivity index (χ0) is 15.4. The van der Waals surface area contributed by atoms with E-state index in [-0.39, 0.29) is 24.3 Å². The number of amidine groups is 1. The zero-order valence-electron chi connectivity index (χ0n) is 12.6. The van der Waals surface area contributed by atoms with Gasteiger partial charge in [-0.1, -0.05) is 18.0 Å². The summed E-state index contributed by atoms with van der Waals surface area (Å²) in [6, 6.07) is 1.94. The van der Waals surface area contributed by atoms with Crippen LogP contribution < -0.4 is 5.73 Å². The third kappa shape index (κ3) is 3.34. The Morgan fingerprint density at radius 3 is 2.81 bits per heavy atom. The molecule has 0 saturated heterocycles. The fourth-order valence-corrected chi connectivity index (χ4v) is 2.89. The molecule has 7 nitrogen and oxygen atoms in total. The monoisotopic (exact) mass is 293 g/mol. The molecule has 1 fully saturated rings. The summed E-state index contributed by atoms with van der Waals surface area (Å²) in [5.41, 5.74) is 6.99. The highest BCUT2D eigenvalue weighted by Gasteiger charge is 2.30. The van der Waals surface area contributed by atoms with Crippen LogP contribution in [0.2, 0.25) is 0 Å². The number of oxime groups is 1. The van der Waals surface area contributed by atoms with Crippen molar-refractivity contribution in [1.29, 1.82) is 0 Å². The van der Waals surface area contributed by atoms with Crippen LogP contribution in [0.25, 0.3) is 0 Å². The van der Waals surface area contributed by atoms with Gasteiger partial charge in [-0.05, 0) is 32.8 Å². The first kappa shape index (κ1) is 15.3. The second kappa shape index (κ2) is 6.60. The van der Waals surface area contributed by atoms with Gasteiger partial charge in [-0.15, -0.1) is 0 Å². The predicted octanol–water partition coefficient (Wildman–Crippen LogP) is 1.34. The van der Waals surface area contributed by atoms with Gasteiger partial charge in [0.05, 0.1) is 12.2 Å². The van der Waals surface area contributed by atoms with Crippen molar-refractivity contribution in [1.82, 2.24) is 14.7 Å². The lowest BCUT2D eigenvalue weighted by Gasteiger charge is -2.28. The lowest BCUT2D eigenvalue weighted by Crippen LogP contribution is -2.44. The topological polar surface area (TPSA) is 96.7 Å². The van der Waals surface area contributed by atoms with Crippen LogP contribution in [-0.4, -0.2) is 44.2 Å².